The summed E-state index contributed by atoms with van der Waals surface area (Å²) in [5, 5.41) is 0. The topological polar surface area (TPSA) is 37.4 Å². The van der Waals surface area contributed by atoms with Crippen LogP contribution in [0.1, 0.15) is 37.8 Å². The van der Waals surface area contributed by atoms with Gasteiger partial charge in [0, 0.05) is 0 Å². The number of hydrogen-bond donors (Lipinski definition) is 0. The van der Waals surface area contributed by atoms with Gasteiger partial charge >= 0.3 is 0 Å². The van der Waals surface area contributed by atoms with Gasteiger partial charge in [0.25, 0.3) is 0 Å². The van der Waals surface area contributed by atoms with E-state index in [1.165, 1.54) is 0 Å². The Kier molecular flexibility index (Phi) is 2.53. The maximum Gasteiger partial charge on any atom is 0.233 e. The molecule has 3 fully saturated rings. The van der Waals surface area contributed by atoms with E-state index in [1.807, 2.05) is 37.3 Å². The summed E-state index contributed by atoms with van der Waals surface area (Å²) in [6, 6.07) is 9.73. The summed E-state index contributed by atoms with van der Waals surface area (Å²) in [6.45, 7) is 1.97. The van der Waals surface area contributed by atoms with Gasteiger partial charge in [-0.05, 0) is 43.6 Å². The number of benzene rings is 1. The van der Waals surface area contributed by atoms with Crippen LogP contribution in [0.5, 0.6) is 0 Å². The lowest BCUT2D eigenvalue weighted by Crippen LogP contribution is -2.35. The molecule has 2 saturated carbocycles. The lowest BCUT2D eigenvalue weighted by atomic mass is 9.81. The van der Waals surface area contributed by atoms with Gasteiger partial charge in [0.1, 0.15) is 0 Å². The zero-order valence-corrected chi connectivity index (χ0v) is 11.7. The largest absolute Gasteiger partial charge is 0.275 e. The molecule has 3 aliphatic rings. The summed E-state index contributed by atoms with van der Waals surface area (Å²) < 4.78 is 0. The third kappa shape index (κ3) is 1.46. The lowest BCUT2D eigenvalue weighted by molar-refractivity contribution is -0.143. The molecular formula is C17H19NO2. The number of imide groups is 1. The number of fused-ring (bicyclic) bond motifs is 5. The quantitative estimate of drug-likeness (QED) is 0.774. The average Bonchev–Trinajstić information content (AvgIpc) is 3.14. The molecule has 104 valence electrons. The first-order chi connectivity index (χ1) is 9.68. The predicted octanol–water partition coefficient (Wildman–Crippen LogP) is 2.78. The number of amides is 2. The van der Waals surface area contributed by atoms with E-state index in [9.17, 15) is 9.59 Å². The normalized spacial score (nSPS) is 36.5. The fraction of sp³-hybridized carbons (Fsp3) is 0.529. The molecule has 1 saturated heterocycles. The van der Waals surface area contributed by atoms with E-state index in [0.717, 1.165) is 24.8 Å². The van der Waals surface area contributed by atoms with Crippen LogP contribution in [0.3, 0.4) is 0 Å². The molecule has 0 N–H and O–H groups in total. The molecule has 4 rings (SSSR count). The van der Waals surface area contributed by atoms with Crippen LogP contribution in [0.4, 0.5) is 0 Å². The first-order valence-corrected chi connectivity index (χ1v) is 7.60. The minimum atomic E-state index is -0.138. The van der Waals surface area contributed by atoms with Crippen molar-refractivity contribution in [2.75, 3.05) is 0 Å². The van der Waals surface area contributed by atoms with Crippen molar-refractivity contribution >= 4 is 11.8 Å². The molecule has 1 heterocycles. The molecule has 1 aromatic carbocycles. The van der Waals surface area contributed by atoms with Crippen LogP contribution in [0.15, 0.2) is 30.3 Å². The second-order valence-electron chi connectivity index (χ2n) is 6.52. The fourth-order valence-corrected chi connectivity index (χ4v) is 4.69. The van der Waals surface area contributed by atoms with Crippen molar-refractivity contribution in [1.82, 2.24) is 4.90 Å². The Hall–Kier alpha value is -1.64. The lowest BCUT2D eigenvalue weighted by Gasteiger charge is -2.24. The maximum absolute atomic E-state index is 12.7. The number of rotatable bonds is 2. The van der Waals surface area contributed by atoms with E-state index in [0.29, 0.717) is 11.8 Å². The second kappa shape index (κ2) is 4.18. The van der Waals surface area contributed by atoms with Crippen molar-refractivity contribution in [3.05, 3.63) is 35.9 Å². The van der Waals surface area contributed by atoms with E-state index >= 15 is 0 Å². The van der Waals surface area contributed by atoms with Crippen LogP contribution in [-0.2, 0) is 9.59 Å². The predicted molar refractivity (Wildman–Crippen MR) is 74.5 cm³/mol. The van der Waals surface area contributed by atoms with Gasteiger partial charge in [-0.25, -0.2) is 0 Å². The summed E-state index contributed by atoms with van der Waals surface area (Å²) in [5.74, 6) is 1.09. The summed E-state index contributed by atoms with van der Waals surface area (Å²) in [7, 11) is 0. The van der Waals surface area contributed by atoms with Crippen LogP contribution in [0.25, 0.3) is 0 Å². The molecule has 2 bridgehead atoms. The molecule has 3 nitrogen and oxygen atoms in total. The fourth-order valence-electron chi connectivity index (χ4n) is 4.69. The van der Waals surface area contributed by atoms with Crippen LogP contribution in [0, 0.1) is 23.7 Å². The Labute approximate surface area is 119 Å². The molecule has 0 aromatic heterocycles. The summed E-state index contributed by atoms with van der Waals surface area (Å²) in [6.07, 6.45) is 3.37. The number of carbonyl (C=O) groups excluding carboxylic acids is 2. The molecule has 2 aliphatic carbocycles. The van der Waals surface area contributed by atoms with Gasteiger partial charge in [0.15, 0.2) is 0 Å². The smallest absolute Gasteiger partial charge is 0.233 e. The molecule has 0 radical (unpaired) electrons. The Morgan fingerprint density at radius 1 is 1.00 bits per heavy atom. The van der Waals surface area contributed by atoms with Crippen molar-refractivity contribution in [2.24, 2.45) is 23.7 Å². The molecule has 20 heavy (non-hydrogen) atoms. The highest BCUT2D eigenvalue weighted by atomic mass is 16.2. The second-order valence-corrected chi connectivity index (χ2v) is 6.52. The highest BCUT2D eigenvalue weighted by Gasteiger charge is 2.61. The van der Waals surface area contributed by atoms with Crippen molar-refractivity contribution < 1.29 is 9.59 Å². The molecule has 2 amide bonds. The van der Waals surface area contributed by atoms with Gasteiger partial charge in [-0.1, -0.05) is 30.3 Å². The van der Waals surface area contributed by atoms with Crippen LogP contribution >= 0.6 is 0 Å². The monoisotopic (exact) mass is 269 g/mol. The number of likely N-dealkylation sites (tertiary alicyclic amines) is 1. The third-order valence-electron chi connectivity index (χ3n) is 5.63. The van der Waals surface area contributed by atoms with Crippen molar-refractivity contribution in [3.63, 3.8) is 0 Å². The van der Waals surface area contributed by atoms with Gasteiger partial charge in [0.05, 0.1) is 17.9 Å². The van der Waals surface area contributed by atoms with E-state index in [-0.39, 0.29) is 29.7 Å². The first-order valence-electron chi connectivity index (χ1n) is 7.60. The Morgan fingerprint density at radius 2 is 1.55 bits per heavy atom. The van der Waals surface area contributed by atoms with E-state index in [2.05, 4.69) is 0 Å². The molecule has 5 atom stereocenters. The van der Waals surface area contributed by atoms with E-state index < -0.39 is 0 Å². The van der Waals surface area contributed by atoms with E-state index in [4.69, 9.17) is 0 Å². The number of carbonyl (C=O) groups is 2. The minimum Gasteiger partial charge on any atom is -0.275 e. The van der Waals surface area contributed by atoms with Crippen molar-refractivity contribution in [1.29, 1.82) is 0 Å². The molecule has 0 unspecified atom stereocenters. The summed E-state index contributed by atoms with van der Waals surface area (Å²) in [5.41, 5.74) is 1.04. The maximum atomic E-state index is 12.7. The van der Waals surface area contributed by atoms with Crippen LogP contribution in [0.2, 0.25) is 0 Å². The van der Waals surface area contributed by atoms with Crippen molar-refractivity contribution in [2.45, 2.75) is 32.2 Å². The first kappa shape index (κ1) is 12.1. The molecule has 0 spiro atoms. The highest BCUT2D eigenvalue weighted by molar-refractivity contribution is 6.06. The van der Waals surface area contributed by atoms with Gasteiger partial charge in [-0.15, -0.1) is 0 Å². The standard InChI is InChI=1S/C17H19NO2/c1-10(11-5-3-2-4-6-11)18-16(19)14-12-7-8-13(9-12)15(14)17(18)20/h2-6,10,12-15H,7-9H2,1H3/t10-,12+,13+,14-,15+/m1/s1. The molecule has 3 heteroatoms. The van der Waals surface area contributed by atoms with Crippen LogP contribution in [-0.4, -0.2) is 16.7 Å². The zero-order valence-electron chi connectivity index (χ0n) is 11.7. The minimum absolute atomic E-state index is 0.00703. The SMILES string of the molecule is C[C@H](c1ccccc1)N1C(=O)[C@@H]2[C@H]3CC[C@@H](C3)[C@@H]2C1=O. The highest BCUT2D eigenvalue weighted by Crippen LogP contribution is 2.57. The Bertz CT molecular complexity index is 540. The van der Waals surface area contributed by atoms with Gasteiger partial charge in [-0.3, -0.25) is 14.5 Å². The van der Waals surface area contributed by atoms with Gasteiger partial charge in [-0.2, -0.15) is 0 Å². The molecule has 1 aliphatic heterocycles. The summed E-state index contributed by atoms with van der Waals surface area (Å²) >= 11 is 0. The Balaban J connectivity index is 1.67. The van der Waals surface area contributed by atoms with Crippen LogP contribution < -0.4 is 0 Å². The third-order valence-corrected chi connectivity index (χ3v) is 5.63. The molecular weight excluding hydrogens is 250 g/mol. The average molecular weight is 269 g/mol. The van der Waals surface area contributed by atoms with Gasteiger partial charge < -0.3 is 0 Å². The van der Waals surface area contributed by atoms with Crippen molar-refractivity contribution in [3.8, 4) is 0 Å². The summed E-state index contributed by atoms with van der Waals surface area (Å²) in [4.78, 5) is 27.0. The number of nitrogens with zero attached hydrogens (tertiary/aromatic N) is 1. The van der Waals surface area contributed by atoms with Gasteiger partial charge in [0.2, 0.25) is 11.8 Å². The van der Waals surface area contributed by atoms with E-state index in [1.54, 1.807) is 4.90 Å². The number of hydrogen-bond acceptors (Lipinski definition) is 2. The Morgan fingerprint density at radius 3 is 2.10 bits per heavy atom. The molecule has 1 aromatic rings. The zero-order chi connectivity index (χ0) is 13.9.